The molecule has 0 radical (unpaired) electrons. The van der Waals surface area contributed by atoms with Crippen LogP contribution in [0.1, 0.15) is 35.1 Å². The summed E-state index contributed by atoms with van der Waals surface area (Å²) in [5.41, 5.74) is 5.89. The topological polar surface area (TPSA) is 0 Å². The molecular formula is C18H22. The van der Waals surface area contributed by atoms with Crippen LogP contribution >= 0.6 is 0 Å². The summed E-state index contributed by atoms with van der Waals surface area (Å²) >= 11 is 0. The summed E-state index contributed by atoms with van der Waals surface area (Å²) in [6.45, 7) is 4.24. The Labute approximate surface area is 111 Å². The summed E-state index contributed by atoms with van der Waals surface area (Å²) in [5, 5.41) is 0. The van der Waals surface area contributed by atoms with Crippen LogP contribution in [0.4, 0.5) is 0 Å². The van der Waals surface area contributed by atoms with E-state index >= 15 is 0 Å². The van der Waals surface area contributed by atoms with E-state index < -0.39 is 0 Å². The van der Waals surface area contributed by atoms with Gasteiger partial charge in [-0.1, -0.05) is 48.5 Å². The lowest BCUT2D eigenvalue weighted by Crippen LogP contribution is -2.00. The molecule has 0 heteroatoms. The zero-order chi connectivity index (χ0) is 12.8. The summed E-state index contributed by atoms with van der Waals surface area (Å²) in [4.78, 5) is 0. The largest absolute Gasteiger partial charge is 0.0620 e. The highest BCUT2D eigenvalue weighted by Crippen LogP contribution is 2.19. The molecule has 2 aromatic carbocycles. The maximum Gasteiger partial charge on any atom is -0.0276 e. The second-order valence-electron chi connectivity index (χ2n) is 5.06. The van der Waals surface area contributed by atoms with Gasteiger partial charge in [0.2, 0.25) is 0 Å². The molecule has 0 atom stereocenters. The molecule has 0 unspecified atom stereocenters. The SMILES string of the molecule is Cc1ccccc1C.c1ccc2c(c1)CCCC2. The van der Waals surface area contributed by atoms with Crippen LogP contribution in [0.3, 0.4) is 0 Å². The van der Waals surface area contributed by atoms with Gasteiger partial charge < -0.3 is 0 Å². The second kappa shape index (κ2) is 6.39. The number of hydrogen-bond acceptors (Lipinski definition) is 0. The van der Waals surface area contributed by atoms with Crippen molar-refractivity contribution in [2.75, 3.05) is 0 Å². The number of fused-ring (bicyclic) bond motifs is 1. The van der Waals surface area contributed by atoms with Crippen LogP contribution in [0.5, 0.6) is 0 Å². The van der Waals surface area contributed by atoms with Crippen molar-refractivity contribution in [3.8, 4) is 0 Å². The van der Waals surface area contributed by atoms with Crippen molar-refractivity contribution in [1.29, 1.82) is 0 Å². The highest BCUT2D eigenvalue weighted by atomic mass is 14.1. The van der Waals surface area contributed by atoms with E-state index in [1.807, 2.05) is 0 Å². The minimum atomic E-state index is 1.30. The Bertz CT molecular complexity index is 451. The molecule has 0 fully saturated rings. The van der Waals surface area contributed by atoms with Crippen LogP contribution in [0, 0.1) is 13.8 Å². The molecule has 0 bridgehead atoms. The third-order valence-electron chi connectivity index (χ3n) is 3.69. The zero-order valence-electron chi connectivity index (χ0n) is 11.4. The van der Waals surface area contributed by atoms with E-state index in [1.165, 1.54) is 36.8 Å². The molecule has 0 amide bonds. The third kappa shape index (κ3) is 3.46. The first kappa shape index (κ1) is 12.9. The monoisotopic (exact) mass is 238 g/mol. The van der Waals surface area contributed by atoms with Gasteiger partial charge in [0.15, 0.2) is 0 Å². The molecule has 94 valence electrons. The second-order valence-corrected chi connectivity index (χ2v) is 5.06. The molecule has 3 rings (SSSR count). The van der Waals surface area contributed by atoms with Crippen LogP contribution in [0.25, 0.3) is 0 Å². The summed E-state index contributed by atoms with van der Waals surface area (Å²) in [5.74, 6) is 0. The molecule has 0 aromatic heterocycles. The lowest BCUT2D eigenvalue weighted by molar-refractivity contribution is 0.685. The van der Waals surface area contributed by atoms with Crippen LogP contribution in [0.15, 0.2) is 48.5 Å². The molecule has 2 aromatic rings. The van der Waals surface area contributed by atoms with Crippen molar-refractivity contribution in [3.63, 3.8) is 0 Å². The number of benzene rings is 2. The van der Waals surface area contributed by atoms with Crippen molar-refractivity contribution in [2.45, 2.75) is 39.5 Å². The number of rotatable bonds is 0. The Balaban J connectivity index is 0.000000138. The van der Waals surface area contributed by atoms with Gasteiger partial charge in [-0.25, -0.2) is 0 Å². The smallest absolute Gasteiger partial charge is 0.0276 e. The molecule has 0 saturated carbocycles. The minimum absolute atomic E-state index is 1.30. The number of hydrogen-bond donors (Lipinski definition) is 0. The van der Waals surface area contributed by atoms with Gasteiger partial charge in [-0.05, 0) is 61.8 Å². The first-order valence-corrected chi connectivity index (χ1v) is 6.86. The third-order valence-corrected chi connectivity index (χ3v) is 3.69. The van der Waals surface area contributed by atoms with Crippen LogP contribution in [-0.4, -0.2) is 0 Å². The average molecular weight is 238 g/mol. The van der Waals surface area contributed by atoms with Gasteiger partial charge in [0.1, 0.15) is 0 Å². The lowest BCUT2D eigenvalue weighted by Gasteiger charge is -2.13. The molecule has 1 aliphatic carbocycles. The zero-order valence-corrected chi connectivity index (χ0v) is 11.4. The van der Waals surface area contributed by atoms with Crippen LogP contribution < -0.4 is 0 Å². The fourth-order valence-corrected chi connectivity index (χ4v) is 2.34. The fourth-order valence-electron chi connectivity index (χ4n) is 2.34. The Morgan fingerprint density at radius 2 is 1.00 bits per heavy atom. The van der Waals surface area contributed by atoms with Crippen molar-refractivity contribution < 1.29 is 0 Å². The van der Waals surface area contributed by atoms with Crippen molar-refractivity contribution in [2.24, 2.45) is 0 Å². The van der Waals surface area contributed by atoms with E-state index in [-0.39, 0.29) is 0 Å². The van der Waals surface area contributed by atoms with Crippen molar-refractivity contribution >= 4 is 0 Å². The molecule has 0 saturated heterocycles. The van der Waals surface area contributed by atoms with E-state index in [1.54, 1.807) is 11.1 Å². The molecule has 0 heterocycles. The molecule has 0 N–H and O–H groups in total. The van der Waals surface area contributed by atoms with Gasteiger partial charge in [0.25, 0.3) is 0 Å². The highest BCUT2D eigenvalue weighted by Gasteiger charge is 2.05. The first-order valence-electron chi connectivity index (χ1n) is 6.86. The van der Waals surface area contributed by atoms with Crippen LogP contribution in [0.2, 0.25) is 0 Å². The highest BCUT2D eigenvalue weighted by molar-refractivity contribution is 5.28. The maximum atomic E-state index is 2.26. The predicted octanol–water partition coefficient (Wildman–Crippen LogP) is 4.87. The summed E-state index contributed by atoms with van der Waals surface area (Å²) in [6, 6.07) is 17.2. The Morgan fingerprint density at radius 1 is 0.611 bits per heavy atom. The van der Waals surface area contributed by atoms with Crippen LogP contribution in [-0.2, 0) is 12.8 Å². The van der Waals surface area contributed by atoms with E-state index in [4.69, 9.17) is 0 Å². The van der Waals surface area contributed by atoms with Gasteiger partial charge in [0.05, 0.1) is 0 Å². The van der Waals surface area contributed by atoms with Gasteiger partial charge >= 0.3 is 0 Å². The average Bonchev–Trinajstić information content (AvgIpc) is 2.43. The molecular weight excluding hydrogens is 216 g/mol. The molecule has 18 heavy (non-hydrogen) atoms. The Kier molecular flexibility index (Phi) is 4.58. The maximum absolute atomic E-state index is 2.26. The lowest BCUT2D eigenvalue weighted by atomic mass is 9.92. The van der Waals surface area contributed by atoms with E-state index in [0.29, 0.717) is 0 Å². The van der Waals surface area contributed by atoms with E-state index in [2.05, 4.69) is 62.4 Å². The summed E-state index contributed by atoms with van der Waals surface area (Å²) in [7, 11) is 0. The Hall–Kier alpha value is -1.56. The van der Waals surface area contributed by atoms with E-state index in [0.717, 1.165) is 0 Å². The van der Waals surface area contributed by atoms with Crippen molar-refractivity contribution in [1.82, 2.24) is 0 Å². The molecule has 0 nitrogen and oxygen atoms in total. The van der Waals surface area contributed by atoms with Gasteiger partial charge in [-0.3, -0.25) is 0 Å². The standard InChI is InChI=1S/C10H12.C8H10/c1-2-6-10-8-4-3-7-9(10)5-1;1-7-5-3-4-6-8(7)2/h1-2,5-6H,3-4,7-8H2;3-6H,1-2H3. The minimum Gasteiger partial charge on any atom is -0.0620 e. The fraction of sp³-hybridized carbons (Fsp3) is 0.333. The predicted molar refractivity (Wildman–Crippen MR) is 79.0 cm³/mol. The quantitative estimate of drug-likeness (QED) is 0.614. The summed E-state index contributed by atoms with van der Waals surface area (Å²) < 4.78 is 0. The normalized spacial score (nSPS) is 13.2. The molecule has 0 aliphatic heterocycles. The molecule has 0 spiro atoms. The number of aryl methyl sites for hydroxylation is 4. The van der Waals surface area contributed by atoms with E-state index in [9.17, 15) is 0 Å². The van der Waals surface area contributed by atoms with Gasteiger partial charge in [-0.15, -0.1) is 0 Å². The van der Waals surface area contributed by atoms with Gasteiger partial charge in [-0.2, -0.15) is 0 Å². The van der Waals surface area contributed by atoms with Crippen molar-refractivity contribution in [3.05, 3.63) is 70.8 Å². The first-order chi connectivity index (χ1) is 8.77. The summed E-state index contributed by atoms with van der Waals surface area (Å²) in [6.07, 6.45) is 5.38. The Morgan fingerprint density at radius 3 is 1.39 bits per heavy atom. The molecule has 1 aliphatic rings. The van der Waals surface area contributed by atoms with Gasteiger partial charge in [0, 0.05) is 0 Å².